The molecule has 1 saturated heterocycles. The Morgan fingerprint density at radius 2 is 2.30 bits per heavy atom. The standard InChI is InChI=1S/C13H22N2O2S2.ClH/c1-11(14)12-4-2-7-15(10-12)19(16,17)9-6-13-5-3-8-18-13;/h3,5,8,11-12H,2,4,6-7,9-10,14H2,1H3;1H. The first-order chi connectivity index (χ1) is 8.99. The van der Waals surface area contributed by atoms with E-state index in [9.17, 15) is 8.42 Å². The number of aryl methyl sites for hydroxylation is 1. The van der Waals surface area contributed by atoms with E-state index in [1.54, 1.807) is 15.6 Å². The molecule has 1 fully saturated rings. The molecule has 0 saturated carbocycles. The minimum Gasteiger partial charge on any atom is -0.328 e. The highest BCUT2D eigenvalue weighted by atomic mass is 35.5. The highest BCUT2D eigenvalue weighted by Gasteiger charge is 2.30. The predicted octanol–water partition coefficient (Wildman–Crippen LogP) is 2.10. The normalized spacial score (nSPS) is 22.2. The molecule has 0 radical (unpaired) electrons. The maximum absolute atomic E-state index is 12.3. The highest BCUT2D eigenvalue weighted by molar-refractivity contribution is 7.89. The molecule has 0 spiro atoms. The summed E-state index contributed by atoms with van der Waals surface area (Å²) in [7, 11) is -3.14. The largest absolute Gasteiger partial charge is 0.328 e. The van der Waals surface area contributed by atoms with Gasteiger partial charge in [-0.3, -0.25) is 0 Å². The smallest absolute Gasteiger partial charge is 0.214 e. The van der Waals surface area contributed by atoms with Crippen LogP contribution in [0.15, 0.2) is 17.5 Å². The van der Waals surface area contributed by atoms with Crippen LogP contribution in [0, 0.1) is 5.92 Å². The molecule has 0 amide bonds. The van der Waals surface area contributed by atoms with Crippen molar-refractivity contribution >= 4 is 33.8 Å². The van der Waals surface area contributed by atoms with Crippen LogP contribution in [0.3, 0.4) is 0 Å². The van der Waals surface area contributed by atoms with Crippen molar-refractivity contribution in [2.75, 3.05) is 18.8 Å². The van der Waals surface area contributed by atoms with Crippen molar-refractivity contribution in [2.24, 2.45) is 11.7 Å². The molecule has 7 heteroatoms. The van der Waals surface area contributed by atoms with Gasteiger partial charge in [-0.05, 0) is 43.6 Å². The van der Waals surface area contributed by atoms with Crippen molar-refractivity contribution in [2.45, 2.75) is 32.2 Å². The van der Waals surface area contributed by atoms with Crippen LogP contribution in [-0.4, -0.2) is 37.6 Å². The number of rotatable bonds is 5. The molecule has 1 aliphatic rings. The number of nitrogens with zero attached hydrogens (tertiary/aromatic N) is 1. The van der Waals surface area contributed by atoms with Crippen LogP contribution >= 0.6 is 23.7 Å². The van der Waals surface area contributed by atoms with Crippen molar-refractivity contribution < 1.29 is 8.42 Å². The van der Waals surface area contributed by atoms with Crippen LogP contribution in [0.1, 0.15) is 24.6 Å². The molecular weight excluding hydrogens is 316 g/mol. The number of hydrogen-bond donors (Lipinski definition) is 1. The van der Waals surface area contributed by atoms with Crippen molar-refractivity contribution in [3.05, 3.63) is 22.4 Å². The summed E-state index contributed by atoms with van der Waals surface area (Å²) in [6.45, 7) is 3.20. The lowest BCUT2D eigenvalue weighted by atomic mass is 9.93. The second kappa shape index (κ2) is 7.75. The van der Waals surface area contributed by atoms with E-state index in [-0.39, 0.29) is 24.2 Å². The Morgan fingerprint density at radius 3 is 2.90 bits per heavy atom. The molecule has 2 atom stereocenters. The lowest BCUT2D eigenvalue weighted by molar-refractivity contribution is 0.243. The van der Waals surface area contributed by atoms with Gasteiger partial charge in [0.05, 0.1) is 5.75 Å². The fraction of sp³-hybridized carbons (Fsp3) is 0.692. The molecule has 4 nitrogen and oxygen atoms in total. The van der Waals surface area contributed by atoms with Crippen LogP contribution < -0.4 is 5.73 Å². The van der Waals surface area contributed by atoms with Crippen LogP contribution in [0.4, 0.5) is 0 Å². The van der Waals surface area contributed by atoms with E-state index in [0.717, 1.165) is 17.7 Å². The summed E-state index contributed by atoms with van der Waals surface area (Å²) in [4.78, 5) is 1.13. The molecule has 0 aliphatic carbocycles. The first-order valence-electron chi connectivity index (χ1n) is 6.75. The van der Waals surface area contributed by atoms with Crippen LogP contribution in [0.5, 0.6) is 0 Å². The van der Waals surface area contributed by atoms with Gasteiger partial charge in [-0.25, -0.2) is 12.7 Å². The molecule has 1 aromatic heterocycles. The first kappa shape index (κ1) is 17.9. The second-order valence-electron chi connectivity index (χ2n) is 5.26. The Bertz CT molecular complexity index is 488. The third-order valence-corrected chi connectivity index (χ3v) is 6.52. The third-order valence-electron chi connectivity index (χ3n) is 3.74. The Balaban J connectivity index is 0.00000200. The summed E-state index contributed by atoms with van der Waals surface area (Å²) >= 11 is 1.61. The van der Waals surface area contributed by atoms with Crippen LogP contribution in [0.2, 0.25) is 0 Å². The van der Waals surface area contributed by atoms with Crippen LogP contribution in [0.25, 0.3) is 0 Å². The van der Waals surface area contributed by atoms with E-state index in [4.69, 9.17) is 5.73 Å². The minimum atomic E-state index is -3.14. The van der Waals surface area contributed by atoms with Crippen molar-refractivity contribution in [1.82, 2.24) is 4.31 Å². The summed E-state index contributed by atoms with van der Waals surface area (Å²) in [5.74, 6) is 0.504. The molecule has 2 heterocycles. The average Bonchev–Trinajstić information content (AvgIpc) is 2.90. The van der Waals surface area contributed by atoms with Gasteiger partial charge in [0, 0.05) is 24.0 Å². The minimum absolute atomic E-state index is 0. The topological polar surface area (TPSA) is 63.4 Å². The van der Waals surface area contributed by atoms with E-state index >= 15 is 0 Å². The molecule has 0 bridgehead atoms. The predicted molar refractivity (Wildman–Crippen MR) is 87.0 cm³/mol. The molecule has 116 valence electrons. The molecule has 2 unspecified atom stereocenters. The van der Waals surface area contributed by atoms with Crippen LogP contribution in [-0.2, 0) is 16.4 Å². The van der Waals surface area contributed by atoms with Gasteiger partial charge in [-0.15, -0.1) is 23.7 Å². The van der Waals surface area contributed by atoms with E-state index in [1.165, 1.54) is 0 Å². The molecular formula is C13H23ClN2O2S2. The van der Waals surface area contributed by atoms with E-state index in [0.29, 0.717) is 25.4 Å². The van der Waals surface area contributed by atoms with Gasteiger partial charge in [-0.1, -0.05) is 6.07 Å². The summed E-state index contributed by atoms with van der Waals surface area (Å²) in [5, 5.41) is 1.98. The fourth-order valence-corrected chi connectivity index (χ4v) is 4.87. The summed E-state index contributed by atoms with van der Waals surface area (Å²) in [5.41, 5.74) is 5.90. The number of hydrogen-bond acceptors (Lipinski definition) is 4. The maximum Gasteiger partial charge on any atom is 0.214 e. The second-order valence-corrected chi connectivity index (χ2v) is 8.39. The zero-order chi connectivity index (χ0) is 13.9. The van der Waals surface area contributed by atoms with Gasteiger partial charge >= 0.3 is 0 Å². The summed E-state index contributed by atoms with van der Waals surface area (Å²) in [6, 6.07) is 4.01. The Morgan fingerprint density at radius 1 is 1.55 bits per heavy atom. The third kappa shape index (κ3) is 4.70. The Kier molecular flexibility index (Phi) is 6.94. The van der Waals surface area contributed by atoms with Gasteiger partial charge in [-0.2, -0.15) is 0 Å². The fourth-order valence-electron chi connectivity index (χ4n) is 2.47. The number of piperidine rings is 1. The maximum atomic E-state index is 12.3. The van der Waals surface area contributed by atoms with E-state index < -0.39 is 10.0 Å². The van der Waals surface area contributed by atoms with Gasteiger partial charge in [0.1, 0.15) is 0 Å². The lowest BCUT2D eigenvalue weighted by Crippen LogP contribution is -2.45. The van der Waals surface area contributed by atoms with Crippen molar-refractivity contribution in [1.29, 1.82) is 0 Å². The highest BCUT2D eigenvalue weighted by Crippen LogP contribution is 2.22. The van der Waals surface area contributed by atoms with Crippen molar-refractivity contribution in [3.63, 3.8) is 0 Å². The average molecular weight is 339 g/mol. The number of thiophene rings is 1. The van der Waals surface area contributed by atoms with E-state index in [1.807, 2.05) is 24.4 Å². The molecule has 2 rings (SSSR count). The van der Waals surface area contributed by atoms with E-state index in [2.05, 4.69) is 0 Å². The first-order valence-corrected chi connectivity index (χ1v) is 9.24. The molecule has 0 aromatic carbocycles. The zero-order valence-corrected chi connectivity index (χ0v) is 14.1. The molecule has 20 heavy (non-hydrogen) atoms. The lowest BCUT2D eigenvalue weighted by Gasteiger charge is -2.33. The molecule has 1 aromatic rings. The zero-order valence-electron chi connectivity index (χ0n) is 11.7. The SMILES string of the molecule is CC(N)C1CCCN(S(=O)(=O)CCc2cccs2)C1.Cl. The van der Waals surface area contributed by atoms with Gasteiger partial charge in [0.2, 0.25) is 10.0 Å². The monoisotopic (exact) mass is 338 g/mol. The Labute approximate surface area is 131 Å². The number of nitrogens with two attached hydrogens (primary N) is 1. The van der Waals surface area contributed by atoms with Crippen molar-refractivity contribution in [3.8, 4) is 0 Å². The molecule has 1 aliphatic heterocycles. The van der Waals surface area contributed by atoms with Gasteiger partial charge in [0.15, 0.2) is 0 Å². The van der Waals surface area contributed by atoms with Gasteiger partial charge < -0.3 is 5.73 Å². The number of sulfonamides is 1. The van der Waals surface area contributed by atoms with Gasteiger partial charge in [0.25, 0.3) is 0 Å². The quantitative estimate of drug-likeness (QED) is 0.894. The Hall–Kier alpha value is -0.140. The number of halogens is 1. The summed E-state index contributed by atoms with van der Waals surface area (Å²) in [6.07, 6.45) is 2.57. The summed E-state index contributed by atoms with van der Waals surface area (Å²) < 4.78 is 26.3. The molecule has 2 N–H and O–H groups in total.